The molecule has 0 amide bonds. The molecular formula is C8H7BrN2O2. The second kappa shape index (κ2) is 3.62. The van der Waals surface area contributed by atoms with E-state index in [-0.39, 0.29) is 11.3 Å². The Morgan fingerprint density at radius 3 is 2.69 bits per heavy atom. The van der Waals surface area contributed by atoms with Gasteiger partial charge in [-0.05, 0) is 22.4 Å². The van der Waals surface area contributed by atoms with Crippen LogP contribution in [0.25, 0.3) is 0 Å². The van der Waals surface area contributed by atoms with Crippen LogP contribution in [0.3, 0.4) is 0 Å². The highest BCUT2D eigenvalue weighted by Crippen LogP contribution is 2.24. The van der Waals surface area contributed by atoms with E-state index in [0.29, 0.717) is 10.9 Å². The minimum atomic E-state index is -1.11. The number of carboxylic acid groups (broad SMARTS) is 1. The van der Waals surface area contributed by atoms with E-state index >= 15 is 0 Å². The zero-order valence-electron chi connectivity index (χ0n) is 6.89. The summed E-state index contributed by atoms with van der Waals surface area (Å²) in [4.78, 5) is 13.3. The Balaban J connectivity index is 3.38. The van der Waals surface area contributed by atoms with Gasteiger partial charge in [-0.25, -0.2) is 4.79 Å². The van der Waals surface area contributed by atoms with E-state index in [4.69, 9.17) is 10.4 Å². The topological polar surface area (TPSA) is 76.9 Å². The summed E-state index contributed by atoms with van der Waals surface area (Å²) >= 11 is 3.17. The molecule has 0 fully saturated rings. The molecule has 0 radical (unpaired) electrons. The SMILES string of the molecule is CCc1[nH]c(C(=O)O)c(C#N)c1Br. The van der Waals surface area contributed by atoms with Crippen molar-refractivity contribution in [2.75, 3.05) is 0 Å². The normalized spacial score (nSPS) is 9.62. The van der Waals surface area contributed by atoms with Gasteiger partial charge in [0, 0.05) is 5.69 Å². The Kier molecular flexibility index (Phi) is 2.73. The zero-order valence-corrected chi connectivity index (χ0v) is 8.47. The lowest BCUT2D eigenvalue weighted by Crippen LogP contribution is -1.99. The van der Waals surface area contributed by atoms with Crippen LogP contribution in [-0.2, 0) is 6.42 Å². The van der Waals surface area contributed by atoms with Crippen molar-refractivity contribution >= 4 is 21.9 Å². The van der Waals surface area contributed by atoms with Crippen LogP contribution in [-0.4, -0.2) is 16.1 Å². The van der Waals surface area contributed by atoms with Gasteiger partial charge in [-0.2, -0.15) is 5.26 Å². The number of nitriles is 1. The maximum absolute atomic E-state index is 10.7. The summed E-state index contributed by atoms with van der Waals surface area (Å²) in [5.74, 6) is -1.11. The molecule has 0 aliphatic heterocycles. The number of rotatable bonds is 2. The first kappa shape index (κ1) is 9.81. The summed E-state index contributed by atoms with van der Waals surface area (Å²) in [7, 11) is 0. The lowest BCUT2D eigenvalue weighted by atomic mass is 10.2. The Morgan fingerprint density at radius 2 is 2.38 bits per heavy atom. The van der Waals surface area contributed by atoms with Crippen LogP contribution < -0.4 is 0 Å². The predicted molar refractivity (Wildman–Crippen MR) is 49.5 cm³/mol. The summed E-state index contributed by atoms with van der Waals surface area (Å²) in [5, 5.41) is 17.4. The summed E-state index contributed by atoms with van der Waals surface area (Å²) in [5.41, 5.74) is 0.838. The fourth-order valence-electron chi connectivity index (χ4n) is 1.04. The molecule has 1 aromatic heterocycles. The van der Waals surface area contributed by atoms with E-state index in [1.165, 1.54) is 0 Å². The lowest BCUT2D eigenvalue weighted by Gasteiger charge is -1.88. The molecule has 0 unspecified atom stereocenters. The fourth-order valence-corrected chi connectivity index (χ4v) is 1.70. The molecule has 4 nitrogen and oxygen atoms in total. The Bertz CT molecular complexity index is 390. The third-order valence-corrected chi connectivity index (χ3v) is 2.56. The van der Waals surface area contributed by atoms with Crippen molar-refractivity contribution in [3.8, 4) is 6.07 Å². The number of aromatic carboxylic acids is 1. The number of carboxylic acids is 1. The van der Waals surface area contributed by atoms with Crippen LogP contribution in [0.15, 0.2) is 4.47 Å². The summed E-state index contributed by atoms with van der Waals surface area (Å²) in [6, 6.07) is 1.84. The number of carbonyl (C=O) groups is 1. The molecule has 0 aromatic carbocycles. The molecule has 0 aliphatic carbocycles. The summed E-state index contributed by atoms with van der Waals surface area (Å²) in [6.45, 7) is 1.88. The number of hydrogen-bond acceptors (Lipinski definition) is 2. The molecule has 68 valence electrons. The van der Waals surface area contributed by atoms with Crippen molar-refractivity contribution in [3.63, 3.8) is 0 Å². The highest BCUT2D eigenvalue weighted by molar-refractivity contribution is 9.10. The molecule has 0 aliphatic rings. The molecule has 13 heavy (non-hydrogen) atoms. The van der Waals surface area contributed by atoms with Crippen molar-refractivity contribution in [2.24, 2.45) is 0 Å². The molecule has 0 bridgehead atoms. The molecular weight excluding hydrogens is 236 g/mol. The molecule has 1 rings (SSSR count). The van der Waals surface area contributed by atoms with Gasteiger partial charge < -0.3 is 10.1 Å². The number of nitrogens with one attached hydrogen (secondary N) is 1. The zero-order chi connectivity index (χ0) is 10.0. The average molecular weight is 243 g/mol. The van der Waals surface area contributed by atoms with Crippen LogP contribution >= 0.6 is 15.9 Å². The standard InChI is InChI=1S/C8H7BrN2O2/c1-2-5-6(9)4(3-10)7(11-5)8(12)13/h11H,2H2,1H3,(H,12,13). The number of aryl methyl sites for hydroxylation is 1. The second-order valence-corrected chi connectivity index (χ2v) is 3.23. The van der Waals surface area contributed by atoms with E-state index in [1.54, 1.807) is 0 Å². The van der Waals surface area contributed by atoms with Gasteiger partial charge in [0.2, 0.25) is 0 Å². The maximum atomic E-state index is 10.7. The van der Waals surface area contributed by atoms with Crippen LogP contribution in [0.4, 0.5) is 0 Å². The van der Waals surface area contributed by atoms with Gasteiger partial charge in [0.1, 0.15) is 11.8 Å². The van der Waals surface area contributed by atoms with Gasteiger partial charge >= 0.3 is 5.97 Å². The monoisotopic (exact) mass is 242 g/mol. The Labute approximate surface area is 83.3 Å². The van der Waals surface area contributed by atoms with Crippen LogP contribution in [0.2, 0.25) is 0 Å². The molecule has 5 heteroatoms. The smallest absolute Gasteiger partial charge is 0.353 e. The summed E-state index contributed by atoms with van der Waals surface area (Å²) in [6.07, 6.45) is 0.655. The molecule has 0 spiro atoms. The number of aromatic nitrogens is 1. The minimum absolute atomic E-state index is 0.0498. The second-order valence-electron chi connectivity index (χ2n) is 2.44. The van der Waals surface area contributed by atoms with Gasteiger partial charge in [0.05, 0.1) is 10.0 Å². The molecule has 0 atom stereocenters. The van der Waals surface area contributed by atoms with Crippen molar-refractivity contribution in [1.29, 1.82) is 5.26 Å². The van der Waals surface area contributed by atoms with E-state index in [1.807, 2.05) is 13.0 Å². The lowest BCUT2D eigenvalue weighted by molar-refractivity contribution is 0.0690. The Hall–Kier alpha value is -1.28. The number of H-pyrrole nitrogens is 1. The molecule has 1 heterocycles. The first-order valence-electron chi connectivity index (χ1n) is 3.65. The fraction of sp³-hybridized carbons (Fsp3) is 0.250. The first-order chi connectivity index (χ1) is 6.11. The third-order valence-electron chi connectivity index (χ3n) is 1.69. The number of hydrogen-bond donors (Lipinski definition) is 2. The largest absolute Gasteiger partial charge is 0.477 e. The molecule has 1 aromatic rings. The van der Waals surface area contributed by atoms with Crippen molar-refractivity contribution in [3.05, 3.63) is 21.4 Å². The van der Waals surface area contributed by atoms with Crippen molar-refractivity contribution in [1.82, 2.24) is 4.98 Å². The predicted octanol–water partition coefficient (Wildman–Crippen LogP) is 1.91. The van der Waals surface area contributed by atoms with Gasteiger partial charge in [-0.15, -0.1) is 0 Å². The van der Waals surface area contributed by atoms with Gasteiger partial charge in [-0.3, -0.25) is 0 Å². The first-order valence-corrected chi connectivity index (χ1v) is 4.44. The highest BCUT2D eigenvalue weighted by Gasteiger charge is 2.18. The van der Waals surface area contributed by atoms with E-state index in [9.17, 15) is 4.79 Å². The van der Waals surface area contributed by atoms with E-state index in [2.05, 4.69) is 20.9 Å². The van der Waals surface area contributed by atoms with Gasteiger partial charge in [0.15, 0.2) is 0 Å². The molecule has 0 saturated heterocycles. The van der Waals surface area contributed by atoms with E-state index in [0.717, 1.165) is 5.69 Å². The van der Waals surface area contributed by atoms with Crippen LogP contribution in [0, 0.1) is 11.3 Å². The van der Waals surface area contributed by atoms with Crippen molar-refractivity contribution < 1.29 is 9.90 Å². The number of halogens is 1. The third kappa shape index (κ3) is 1.58. The number of nitrogens with zero attached hydrogens (tertiary/aromatic N) is 1. The maximum Gasteiger partial charge on any atom is 0.353 e. The minimum Gasteiger partial charge on any atom is -0.477 e. The van der Waals surface area contributed by atoms with Crippen LogP contribution in [0.1, 0.15) is 28.7 Å². The van der Waals surface area contributed by atoms with Crippen LogP contribution in [0.5, 0.6) is 0 Å². The van der Waals surface area contributed by atoms with Gasteiger partial charge in [-0.1, -0.05) is 6.92 Å². The molecule has 0 saturated carbocycles. The average Bonchev–Trinajstić information content (AvgIpc) is 2.42. The number of aromatic amines is 1. The quantitative estimate of drug-likeness (QED) is 0.832. The van der Waals surface area contributed by atoms with E-state index < -0.39 is 5.97 Å². The highest BCUT2D eigenvalue weighted by atomic mass is 79.9. The van der Waals surface area contributed by atoms with Crippen molar-refractivity contribution in [2.45, 2.75) is 13.3 Å². The Morgan fingerprint density at radius 1 is 1.77 bits per heavy atom. The summed E-state index contributed by atoms with van der Waals surface area (Å²) < 4.78 is 0.551. The molecule has 2 N–H and O–H groups in total. The van der Waals surface area contributed by atoms with Gasteiger partial charge in [0.25, 0.3) is 0 Å².